The van der Waals surface area contributed by atoms with Crippen LogP contribution in [0.4, 0.5) is 5.69 Å². The second kappa shape index (κ2) is 4.57. The summed E-state index contributed by atoms with van der Waals surface area (Å²) in [6.07, 6.45) is 1.31. The molecule has 0 amide bonds. The van der Waals surface area contributed by atoms with Gasteiger partial charge in [-0.1, -0.05) is 16.8 Å². The minimum Gasteiger partial charge on any atom is -0.399 e. The number of hydrogen-bond acceptors (Lipinski definition) is 4. The number of halogens is 1. The van der Waals surface area contributed by atoms with Gasteiger partial charge in [-0.25, -0.2) is 0 Å². The summed E-state index contributed by atoms with van der Waals surface area (Å²) in [5.74, 6) is 0. The molecular weight excluding hydrogens is 208 g/mol. The SMILES string of the molecule is CON=Cc1cc([N+](=O)[O-])ccc1Cl. The van der Waals surface area contributed by atoms with Crippen LogP contribution in [0.3, 0.4) is 0 Å². The highest BCUT2D eigenvalue weighted by molar-refractivity contribution is 6.33. The van der Waals surface area contributed by atoms with Crippen molar-refractivity contribution < 1.29 is 9.76 Å². The van der Waals surface area contributed by atoms with E-state index in [2.05, 4.69) is 9.99 Å². The molecule has 0 atom stereocenters. The van der Waals surface area contributed by atoms with Crippen molar-refractivity contribution in [3.05, 3.63) is 38.9 Å². The molecule has 0 N–H and O–H groups in total. The van der Waals surface area contributed by atoms with Gasteiger partial charge in [-0.3, -0.25) is 10.1 Å². The van der Waals surface area contributed by atoms with Crippen LogP contribution in [0, 0.1) is 10.1 Å². The molecule has 1 rings (SSSR count). The van der Waals surface area contributed by atoms with Gasteiger partial charge in [0, 0.05) is 22.7 Å². The van der Waals surface area contributed by atoms with Crippen LogP contribution in [0.25, 0.3) is 0 Å². The number of non-ortho nitro benzene ring substituents is 1. The summed E-state index contributed by atoms with van der Waals surface area (Å²) in [7, 11) is 1.38. The lowest BCUT2D eigenvalue weighted by Gasteiger charge is -1.96. The second-order valence-electron chi connectivity index (χ2n) is 2.38. The number of hydrogen-bond donors (Lipinski definition) is 0. The predicted octanol–water partition coefficient (Wildman–Crippen LogP) is 2.23. The molecular formula is C8H7ClN2O3. The van der Waals surface area contributed by atoms with Gasteiger partial charge >= 0.3 is 0 Å². The third-order valence-corrected chi connectivity index (χ3v) is 1.83. The van der Waals surface area contributed by atoms with Crippen LogP contribution < -0.4 is 0 Å². The minimum absolute atomic E-state index is 0.0352. The molecule has 0 aromatic heterocycles. The Hall–Kier alpha value is -1.62. The molecule has 0 saturated heterocycles. The van der Waals surface area contributed by atoms with Crippen LogP contribution in [-0.2, 0) is 4.84 Å². The van der Waals surface area contributed by atoms with Crippen LogP contribution in [0.1, 0.15) is 5.56 Å². The molecule has 1 aromatic rings. The van der Waals surface area contributed by atoms with Gasteiger partial charge in [0.25, 0.3) is 5.69 Å². The van der Waals surface area contributed by atoms with E-state index in [4.69, 9.17) is 11.6 Å². The monoisotopic (exact) mass is 214 g/mol. The van der Waals surface area contributed by atoms with Gasteiger partial charge in [0.1, 0.15) is 7.11 Å². The van der Waals surface area contributed by atoms with Gasteiger partial charge in [-0.2, -0.15) is 0 Å². The van der Waals surface area contributed by atoms with Gasteiger partial charge in [0.2, 0.25) is 0 Å². The Morgan fingerprint density at radius 2 is 2.36 bits per heavy atom. The predicted molar refractivity (Wildman–Crippen MR) is 52.7 cm³/mol. The van der Waals surface area contributed by atoms with Gasteiger partial charge in [0.05, 0.1) is 11.1 Å². The molecule has 0 spiro atoms. The maximum absolute atomic E-state index is 10.4. The molecule has 0 unspecified atom stereocenters. The zero-order valence-electron chi connectivity index (χ0n) is 7.31. The Kier molecular flexibility index (Phi) is 3.41. The number of oxime groups is 1. The first-order valence-corrected chi connectivity index (χ1v) is 4.03. The quantitative estimate of drug-likeness (QED) is 0.440. The highest BCUT2D eigenvalue weighted by atomic mass is 35.5. The summed E-state index contributed by atoms with van der Waals surface area (Å²) >= 11 is 5.77. The van der Waals surface area contributed by atoms with Gasteiger partial charge in [0.15, 0.2) is 0 Å². The molecule has 0 radical (unpaired) electrons. The third kappa shape index (κ3) is 2.43. The van der Waals surface area contributed by atoms with E-state index in [-0.39, 0.29) is 5.69 Å². The van der Waals surface area contributed by atoms with E-state index in [0.29, 0.717) is 10.6 Å². The summed E-state index contributed by atoms with van der Waals surface area (Å²) in [4.78, 5) is 14.4. The van der Waals surface area contributed by atoms with E-state index in [1.54, 1.807) is 0 Å². The summed E-state index contributed by atoms with van der Waals surface area (Å²) in [5.41, 5.74) is 0.412. The fraction of sp³-hybridized carbons (Fsp3) is 0.125. The van der Waals surface area contributed by atoms with Gasteiger partial charge < -0.3 is 4.84 Å². The van der Waals surface area contributed by atoms with E-state index in [0.717, 1.165) is 0 Å². The summed E-state index contributed by atoms with van der Waals surface area (Å²) in [6, 6.07) is 4.09. The van der Waals surface area contributed by atoms with Gasteiger partial charge in [-0.15, -0.1) is 0 Å². The van der Waals surface area contributed by atoms with E-state index in [1.165, 1.54) is 31.5 Å². The van der Waals surface area contributed by atoms with Crippen molar-refractivity contribution in [2.24, 2.45) is 5.16 Å². The molecule has 0 aliphatic rings. The average molecular weight is 215 g/mol. The maximum Gasteiger partial charge on any atom is 0.270 e. The fourth-order valence-electron chi connectivity index (χ4n) is 0.853. The minimum atomic E-state index is -0.500. The number of nitro benzene ring substituents is 1. The van der Waals surface area contributed by atoms with Crippen molar-refractivity contribution in [3.63, 3.8) is 0 Å². The molecule has 0 bridgehead atoms. The smallest absolute Gasteiger partial charge is 0.270 e. The molecule has 1 aromatic carbocycles. The molecule has 0 saturated carbocycles. The Morgan fingerprint density at radius 1 is 1.64 bits per heavy atom. The molecule has 14 heavy (non-hydrogen) atoms. The number of nitrogens with zero attached hydrogens (tertiary/aromatic N) is 2. The van der Waals surface area contributed by atoms with Gasteiger partial charge in [-0.05, 0) is 6.07 Å². The highest BCUT2D eigenvalue weighted by Crippen LogP contribution is 2.20. The standard InChI is InChI=1S/C8H7ClN2O3/c1-14-10-5-6-4-7(11(12)13)2-3-8(6)9/h2-5H,1H3. The van der Waals surface area contributed by atoms with Crippen LogP contribution in [0.2, 0.25) is 5.02 Å². The molecule has 5 nitrogen and oxygen atoms in total. The first-order valence-electron chi connectivity index (χ1n) is 3.65. The lowest BCUT2D eigenvalue weighted by Crippen LogP contribution is -1.91. The van der Waals surface area contributed by atoms with E-state index in [9.17, 15) is 10.1 Å². The van der Waals surface area contributed by atoms with Crippen LogP contribution in [0.15, 0.2) is 23.4 Å². The van der Waals surface area contributed by atoms with Crippen LogP contribution >= 0.6 is 11.6 Å². The second-order valence-corrected chi connectivity index (χ2v) is 2.79. The average Bonchev–Trinajstić information content (AvgIpc) is 2.16. The molecule has 74 valence electrons. The third-order valence-electron chi connectivity index (χ3n) is 1.49. The Labute approximate surface area is 85.1 Å². The van der Waals surface area contributed by atoms with Crippen molar-refractivity contribution in [1.82, 2.24) is 0 Å². The summed E-state index contributed by atoms with van der Waals surface area (Å²) in [6.45, 7) is 0. The lowest BCUT2D eigenvalue weighted by molar-refractivity contribution is -0.384. The first kappa shape index (κ1) is 10.5. The van der Waals surface area contributed by atoms with E-state index >= 15 is 0 Å². The molecule has 0 aliphatic heterocycles. The lowest BCUT2D eigenvalue weighted by atomic mass is 10.2. The maximum atomic E-state index is 10.4. The Balaban J connectivity index is 3.08. The molecule has 0 fully saturated rings. The number of benzene rings is 1. The Bertz CT molecular complexity index is 379. The zero-order chi connectivity index (χ0) is 10.6. The van der Waals surface area contributed by atoms with Crippen molar-refractivity contribution in [1.29, 1.82) is 0 Å². The van der Waals surface area contributed by atoms with Crippen molar-refractivity contribution in [2.45, 2.75) is 0 Å². The molecule has 6 heteroatoms. The molecule has 0 heterocycles. The molecule has 0 aliphatic carbocycles. The normalized spacial score (nSPS) is 10.4. The summed E-state index contributed by atoms with van der Waals surface area (Å²) in [5, 5.41) is 14.3. The van der Waals surface area contributed by atoms with E-state index in [1.807, 2.05) is 0 Å². The van der Waals surface area contributed by atoms with Crippen molar-refractivity contribution >= 4 is 23.5 Å². The fourth-order valence-corrected chi connectivity index (χ4v) is 1.02. The topological polar surface area (TPSA) is 64.7 Å². The van der Waals surface area contributed by atoms with Crippen molar-refractivity contribution in [3.8, 4) is 0 Å². The summed E-state index contributed by atoms with van der Waals surface area (Å²) < 4.78 is 0. The number of rotatable bonds is 3. The first-order chi connectivity index (χ1) is 6.65. The van der Waals surface area contributed by atoms with E-state index < -0.39 is 4.92 Å². The zero-order valence-corrected chi connectivity index (χ0v) is 8.06. The van der Waals surface area contributed by atoms with Crippen LogP contribution in [0.5, 0.6) is 0 Å². The van der Waals surface area contributed by atoms with Crippen LogP contribution in [-0.4, -0.2) is 18.2 Å². The Morgan fingerprint density at radius 3 is 2.93 bits per heavy atom. The highest BCUT2D eigenvalue weighted by Gasteiger charge is 2.07. The largest absolute Gasteiger partial charge is 0.399 e. The number of nitro groups is 1. The van der Waals surface area contributed by atoms with Crippen molar-refractivity contribution in [2.75, 3.05) is 7.11 Å².